The van der Waals surface area contributed by atoms with Gasteiger partial charge in [0.2, 0.25) is 0 Å². The lowest BCUT2D eigenvalue weighted by Gasteiger charge is -2.33. The Balaban J connectivity index is 0.000000251. The van der Waals surface area contributed by atoms with Gasteiger partial charge in [-0.3, -0.25) is 14.5 Å². The Morgan fingerprint density at radius 1 is 0.638 bits per heavy atom. The van der Waals surface area contributed by atoms with Gasteiger partial charge in [-0.2, -0.15) is 0 Å². The third-order valence-corrected chi connectivity index (χ3v) is 12.0. The summed E-state index contributed by atoms with van der Waals surface area (Å²) >= 11 is 17.3. The van der Waals surface area contributed by atoms with E-state index in [0.717, 1.165) is 56.5 Å². The van der Waals surface area contributed by atoms with Crippen molar-refractivity contribution in [2.45, 2.75) is 58.4 Å². The highest BCUT2D eigenvalue weighted by atomic mass is 35.5. The molecule has 2 spiro atoms. The molecule has 3 radical (unpaired) electrons. The Hall–Kier alpha value is -3.12. The standard InChI is InChI=1S/C22H25ClN2O2.C14H11Cl2NO.C8H15NO.CH4.B.ClH/c23-19-5-3-18(4-6-19)21(26)24-20-7-1-17(2-8-20)15-25-12-9-22(16-25)10-13-27-14-11-22;15-9-10-1-7-13(8-2-10)17-14(18)11-3-5-12(16)6-4-11;1-4-9-7-8(1)2-5-10-6-3-8;;;/h1-8H,9-16H2,(H,24,26);1-8H,9H2,(H,17,18);9H,1-7H2;1H4;;1H. The Bertz CT molecular complexity index is 1810. The number of carbonyl (C=O) groups is 2. The highest BCUT2D eigenvalue weighted by Gasteiger charge is 2.39. The van der Waals surface area contributed by atoms with Crippen molar-refractivity contribution in [2.75, 3.05) is 63.2 Å². The molecule has 4 aromatic rings. The zero-order chi connectivity index (χ0) is 38.5. The largest absolute Gasteiger partial charge is 0.381 e. The first-order valence-corrected chi connectivity index (χ1v) is 20.5. The third-order valence-electron chi connectivity index (χ3n) is 11.2. The highest BCUT2D eigenvalue weighted by Crippen LogP contribution is 2.40. The lowest BCUT2D eigenvalue weighted by atomic mass is 9.80. The molecule has 0 aromatic heterocycles. The summed E-state index contributed by atoms with van der Waals surface area (Å²) in [7, 11) is 0. The molecule has 0 bridgehead atoms. The molecule has 8 nitrogen and oxygen atoms in total. The van der Waals surface area contributed by atoms with Crippen LogP contribution in [0.15, 0.2) is 97.1 Å². The summed E-state index contributed by atoms with van der Waals surface area (Å²) in [5.74, 6) is 0.177. The van der Waals surface area contributed by atoms with E-state index in [1.807, 2.05) is 36.4 Å². The molecule has 4 saturated heterocycles. The summed E-state index contributed by atoms with van der Waals surface area (Å²) in [6.07, 6.45) is 7.60. The fraction of sp³-hybridized carbons (Fsp3) is 0.422. The van der Waals surface area contributed by atoms with Gasteiger partial charge in [0.05, 0.1) is 0 Å². The molecule has 4 fully saturated rings. The van der Waals surface area contributed by atoms with Gasteiger partial charge in [-0.1, -0.05) is 54.9 Å². The van der Waals surface area contributed by atoms with Gasteiger partial charge in [-0.15, -0.1) is 24.0 Å². The van der Waals surface area contributed by atoms with E-state index in [4.69, 9.17) is 44.3 Å². The number of alkyl halides is 1. The second kappa shape index (κ2) is 24.2. The topological polar surface area (TPSA) is 91.9 Å². The number of amides is 2. The predicted molar refractivity (Wildman–Crippen MR) is 243 cm³/mol. The van der Waals surface area contributed by atoms with Crippen LogP contribution in [-0.2, 0) is 21.9 Å². The van der Waals surface area contributed by atoms with E-state index in [1.165, 1.54) is 63.7 Å². The summed E-state index contributed by atoms with van der Waals surface area (Å²) in [4.78, 5) is 26.7. The molecule has 4 aliphatic heterocycles. The van der Waals surface area contributed by atoms with Crippen LogP contribution in [0.3, 0.4) is 0 Å². The number of ether oxygens (including phenoxy) is 2. The number of hydrogen-bond donors (Lipinski definition) is 3. The average Bonchev–Trinajstić information content (AvgIpc) is 3.83. The molecule has 0 unspecified atom stereocenters. The summed E-state index contributed by atoms with van der Waals surface area (Å²) in [6, 6.07) is 29.2. The Labute approximate surface area is 368 Å². The number of nitrogens with zero attached hydrogens (tertiary/aromatic N) is 1. The zero-order valence-electron chi connectivity index (χ0n) is 32.3. The van der Waals surface area contributed by atoms with Crippen molar-refractivity contribution < 1.29 is 19.1 Å². The number of carbonyl (C=O) groups excluding carboxylic acids is 2. The number of hydrogen-bond acceptors (Lipinski definition) is 6. The van der Waals surface area contributed by atoms with Crippen molar-refractivity contribution in [3.63, 3.8) is 0 Å². The number of nitrogens with one attached hydrogen (secondary N) is 3. The van der Waals surface area contributed by atoms with E-state index < -0.39 is 0 Å². The van der Waals surface area contributed by atoms with Gasteiger partial charge < -0.3 is 25.4 Å². The van der Waals surface area contributed by atoms with Crippen LogP contribution in [0.4, 0.5) is 11.4 Å². The van der Waals surface area contributed by atoms with E-state index in [2.05, 4.69) is 33.0 Å². The van der Waals surface area contributed by atoms with E-state index >= 15 is 0 Å². The molecule has 2 amide bonds. The first-order valence-electron chi connectivity index (χ1n) is 19.2. The number of halogens is 4. The lowest BCUT2D eigenvalue weighted by Crippen LogP contribution is -2.32. The van der Waals surface area contributed by atoms with Crippen molar-refractivity contribution in [3.8, 4) is 0 Å². The first kappa shape index (κ1) is 49.2. The quantitative estimate of drug-likeness (QED) is 0.127. The molecule has 13 heteroatoms. The van der Waals surface area contributed by atoms with Gasteiger partial charge in [-0.25, -0.2) is 0 Å². The average molecular weight is 870 g/mol. The number of anilines is 2. The smallest absolute Gasteiger partial charge is 0.255 e. The molecule has 8 rings (SSSR count). The molecular weight excluding hydrogens is 813 g/mol. The van der Waals surface area contributed by atoms with Gasteiger partial charge in [0, 0.05) is 92.9 Å². The van der Waals surface area contributed by atoms with E-state index in [-0.39, 0.29) is 40.1 Å². The molecule has 311 valence electrons. The Morgan fingerprint density at radius 3 is 1.52 bits per heavy atom. The minimum absolute atomic E-state index is 0. The van der Waals surface area contributed by atoms with Crippen LogP contribution in [0.2, 0.25) is 10.0 Å². The van der Waals surface area contributed by atoms with Crippen molar-refractivity contribution in [2.24, 2.45) is 10.8 Å². The SMILES string of the molecule is C.C1CC2(CCOCC2)CN1.Cl.O=C(Nc1ccc(CCl)cc1)c1ccc(Cl)cc1.O=C(Nc1ccc(CN2CCC3(CCOCC3)C2)cc1)c1ccc(Cl)cc1.[B]. The van der Waals surface area contributed by atoms with Gasteiger partial charge in [-0.05, 0) is 146 Å². The van der Waals surface area contributed by atoms with E-state index in [9.17, 15) is 9.59 Å². The fourth-order valence-corrected chi connectivity index (χ4v) is 8.07. The van der Waals surface area contributed by atoms with Crippen LogP contribution in [0, 0.1) is 10.8 Å². The third kappa shape index (κ3) is 14.6. The summed E-state index contributed by atoms with van der Waals surface area (Å²) in [6.45, 7) is 9.56. The normalized spacial score (nSPS) is 17.5. The zero-order valence-corrected chi connectivity index (χ0v) is 35.3. The van der Waals surface area contributed by atoms with Crippen LogP contribution >= 0.6 is 47.2 Å². The molecule has 4 aromatic carbocycles. The van der Waals surface area contributed by atoms with Gasteiger partial charge in [0.25, 0.3) is 11.8 Å². The van der Waals surface area contributed by atoms with Crippen LogP contribution in [0.25, 0.3) is 0 Å². The van der Waals surface area contributed by atoms with Gasteiger partial charge in [0.15, 0.2) is 0 Å². The Kier molecular flexibility index (Phi) is 20.6. The highest BCUT2D eigenvalue weighted by molar-refractivity contribution is 6.31. The molecule has 58 heavy (non-hydrogen) atoms. The van der Waals surface area contributed by atoms with Gasteiger partial charge >= 0.3 is 0 Å². The summed E-state index contributed by atoms with van der Waals surface area (Å²) in [5.41, 5.74) is 6.13. The maximum absolute atomic E-state index is 12.3. The fourth-order valence-electron chi connectivity index (χ4n) is 7.64. The van der Waals surface area contributed by atoms with Crippen molar-refractivity contribution in [3.05, 3.63) is 129 Å². The Morgan fingerprint density at radius 2 is 1.09 bits per heavy atom. The lowest BCUT2D eigenvalue weighted by molar-refractivity contribution is 0.0190. The van der Waals surface area contributed by atoms with Crippen LogP contribution < -0.4 is 16.0 Å². The van der Waals surface area contributed by atoms with Crippen LogP contribution in [0.1, 0.15) is 77.8 Å². The van der Waals surface area contributed by atoms with Crippen LogP contribution in [0.5, 0.6) is 0 Å². The molecule has 4 heterocycles. The van der Waals surface area contributed by atoms with E-state index in [1.54, 1.807) is 48.5 Å². The van der Waals surface area contributed by atoms with Crippen molar-refractivity contribution in [1.82, 2.24) is 10.2 Å². The van der Waals surface area contributed by atoms with Gasteiger partial charge in [0.1, 0.15) is 0 Å². The second-order valence-electron chi connectivity index (χ2n) is 15.1. The number of likely N-dealkylation sites (tertiary alicyclic amines) is 1. The summed E-state index contributed by atoms with van der Waals surface area (Å²) < 4.78 is 10.9. The van der Waals surface area contributed by atoms with E-state index in [0.29, 0.717) is 37.9 Å². The minimum Gasteiger partial charge on any atom is -0.381 e. The monoisotopic (exact) mass is 867 g/mol. The molecule has 4 aliphatic rings. The first-order chi connectivity index (χ1) is 26.7. The molecule has 0 saturated carbocycles. The molecule has 0 atom stereocenters. The molecule has 0 aliphatic carbocycles. The maximum Gasteiger partial charge on any atom is 0.255 e. The predicted octanol–water partition coefficient (Wildman–Crippen LogP) is 10.4. The number of rotatable bonds is 7. The van der Waals surface area contributed by atoms with Crippen molar-refractivity contribution in [1.29, 1.82) is 0 Å². The summed E-state index contributed by atoms with van der Waals surface area (Å²) in [5, 5.41) is 10.4. The van der Waals surface area contributed by atoms with Crippen molar-refractivity contribution >= 4 is 78.8 Å². The molecular formula is C45H56BCl4N4O4. The maximum atomic E-state index is 12.3. The molecule has 3 N–H and O–H groups in total. The number of benzene rings is 4. The van der Waals surface area contributed by atoms with Crippen LogP contribution in [-0.4, -0.2) is 77.7 Å². The second-order valence-corrected chi connectivity index (χ2v) is 16.2. The minimum atomic E-state index is -0.162.